The molecule has 2 fully saturated rings. The number of rotatable bonds is 12. The minimum Gasteiger partial charge on any atom is -0.293 e. The van der Waals surface area contributed by atoms with Crippen LogP contribution >= 0.6 is 23.5 Å². The molecular formula is C46H62N2O2S2. The molecule has 2 aliphatic heterocycles. The van der Waals surface area contributed by atoms with Crippen LogP contribution in [0.4, 0.5) is 0 Å². The van der Waals surface area contributed by atoms with E-state index in [-0.39, 0.29) is 22.9 Å². The highest BCUT2D eigenvalue weighted by molar-refractivity contribution is 7.99. The second-order valence-corrected chi connectivity index (χ2v) is 18.3. The Balaban J connectivity index is 1.28. The van der Waals surface area contributed by atoms with E-state index in [1.165, 1.54) is 11.1 Å². The molecule has 2 aliphatic carbocycles. The first-order valence-electron chi connectivity index (χ1n) is 18.8. The molecule has 0 N–H and O–H groups in total. The average molecular weight is 739 g/mol. The third-order valence-electron chi connectivity index (χ3n) is 10.8. The van der Waals surface area contributed by atoms with Crippen LogP contribution < -0.4 is 0 Å². The molecule has 0 aromatic heterocycles. The second kappa shape index (κ2) is 18.9. The smallest absolute Gasteiger partial charge is 0.176 e. The molecule has 4 nitrogen and oxygen atoms in total. The average Bonchev–Trinajstić information content (AvgIpc) is 3.82. The van der Waals surface area contributed by atoms with Crippen molar-refractivity contribution in [2.45, 2.75) is 94.2 Å². The fourth-order valence-electron chi connectivity index (χ4n) is 7.56. The Morgan fingerprint density at radius 2 is 0.923 bits per heavy atom. The molecule has 4 aliphatic rings. The first-order valence-corrected chi connectivity index (χ1v) is 21.1. The fraction of sp³-hybridized carbons (Fsp3) is 0.478. The summed E-state index contributed by atoms with van der Waals surface area (Å²) in [6, 6.07) is 0.0381. The molecule has 0 spiro atoms. The molecule has 0 aromatic rings. The molecule has 2 unspecified atom stereocenters. The Morgan fingerprint density at radius 3 is 1.27 bits per heavy atom. The zero-order valence-electron chi connectivity index (χ0n) is 33.4. The zero-order chi connectivity index (χ0) is 38.1. The Labute approximate surface area is 324 Å². The molecule has 2 heterocycles. The van der Waals surface area contributed by atoms with Gasteiger partial charge >= 0.3 is 0 Å². The normalized spacial score (nSPS) is 26.4. The van der Waals surface area contributed by atoms with Crippen molar-refractivity contribution in [3.63, 3.8) is 0 Å². The van der Waals surface area contributed by atoms with Gasteiger partial charge in [-0.25, -0.2) is 0 Å². The maximum atomic E-state index is 13.3. The highest BCUT2D eigenvalue weighted by atomic mass is 32.2. The van der Waals surface area contributed by atoms with Gasteiger partial charge in [-0.1, -0.05) is 135 Å². The van der Waals surface area contributed by atoms with Crippen LogP contribution in [0.1, 0.15) is 82.1 Å². The van der Waals surface area contributed by atoms with Gasteiger partial charge in [0.15, 0.2) is 11.6 Å². The van der Waals surface area contributed by atoms with Crippen molar-refractivity contribution in [3.05, 3.63) is 130 Å². The van der Waals surface area contributed by atoms with Crippen molar-refractivity contribution in [3.8, 4) is 0 Å². The number of hydrogen-bond donors (Lipinski definition) is 0. The predicted molar refractivity (Wildman–Crippen MR) is 229 cm³/mol. The third kappa shape index (κ3) is 11.3. The molecule has 0 bridgehead atoms. The molecule has 0 aromatic carbocycles. The Morgan fingerprint density at radius 1 is 0.577 bits per heavy atom. The van der Waals surface area contributed by atoms with Gasteiger partial charge in [-0.2, -0.15) is 0 Å². The molecule has 6 heteroatoms. The standard InChI is InChI=1S/C46H62N2O2S2/c1-33(17-13-19-35(3)21-23-39-37(5)43(49)41(29-45(39,7)8)47-25-27-51-31-47)15-11-12-16-34(2)18-14-20-36(4)22-24-40-38(6)44(50)42(30-46(40,9)10)48-26-28-52-32-48/h11-24,41-42H,25-32H2,1-10H3/b12-11+,17-13+,18-14+,23-21+,24-22+,33-15+,34-16+,35-19+,36-20+. The largest absolute Gasteiger partial charge is 0.293 e. The van der Waals surface area contributed by atoms with Gasteiger partial charge in [0.05, 0.1) is 12.1 Å². The summed E-state index contributed by atoms with van der Waals surface area (Å²) >= 11 is 3.85. The van der Waals surface area contributed by atoms with E-state index < -0.39 is 0 Å². The van der Waals surface area contributed by atoms with Gasteiger partial charge in [-0.05, 0) is 87.5 Å². The van der Waals surface area contributed by atoms with Gasteiger partial charge in [0.2, 0.25) is 0 Å². The minimum absolute atomic E-state index is 0.0190. The summed E-state index contributed by atoms with van der Waals surface area (Å²) < 4.78 is 0. The van der Waals surface area contributed by atoms with Crippen LogP contribution in [0.15, 0.2) is 130 Å². The van der Waals surface area contributed by atoms with E-state index >= 15 is 0 Å². The Kier molecular flexibility index (Phi) is 15.2. The topological polar surface area (TPSA) is 40.6 Å². The zero-order valence-corrected chi connectivity index (χ0v) is 35.1. The lowest BCUT2D eigenvalue weighted by Gasteiger charge is -2.40. The van der Waals surface area contributed by atoms with Crippen LogP contribution in [0.25, 0.3) is 0 Å². The lowest BCUT2D eigenvalue weighted by molar-refractivity contribution is -0.122. The number of ketones is 2. The summed E-state index contributed by atoms with van der Waals surface area (Å²) in [6.45, 7) is 23.6. The van der Waals surface area contributed by atoms with Crippen LogP contribution in [0, 0.1) is 10.8 Å². The van der Waals surface area contributed by atoms with Gasteiger partial charge in [0.1, 0.15) is 0 Å². The van der Waals surface area contributed by atoms with Gasteiger partial charge in [-0.15, -0.1) is 23.5 Å². The summed E-state index contributed by atoms with van der Waals surface area (Å²) in [6.07, 6.45) is 31.3. The van der Waals surface area contributed by atoms with Crippen molar-refractivity contribution in [2.24, 2.45) is 10.8 Å². The van der Waals surface area contributed by atoms with E-state index in [9.17, 15) is 9.59 Å². The number of carbonyl (C=O) groups excluding carboxylic acids is 2. The fourth-order valence-corrected chi connectivity index (χ4v) is 9.63. The molecule has 2 saturated heterocycles. The first kappa shape index (κ1) is 41.9. The SMILES string of the molecule is CC1=C(/C=C/C(C)=C/C=C/C(C)=C/C=C/C=C(C)/C=C/C=C(C)/C=C/C2=C(C)C(=O)C(N3CCSC3)CC2(C)C)C(C)(C)CC(N2CCSC2)C1=O. The van der Waals surface area contributed by atoms with Crippen LogP contribution in [-0.4, -0.2) is 69.8 Å². The van der Waals surface area contributed by atoms with Crippen LogP contribution in [0.2, 0.25) is 0 Å². The minimum atomic E-state index is -0.0339. The van der Waals surface area contributed by atoms with Crippen LogP contribution in [0.3, 0.4) is 0 Å². The lowest BCUT2D eigenvalue weighted by Crippen LogP contribution is -2.46. The van der Waals surface area contributed by atoms with Gasteiger partial charge in [0.25, 0.3) is 0 Å². The highest BCUT2D eigenvalue weighted by Gasteiger charge is 2.42. The van der Waals surface area contributed by atoms with Crippen molar-refractivity contribution >= 4 is 35.1 Å². The molecule has 52 heavy (non-hydrogen) atoms. The Bertz CT molecular complexity index is 1570. The lowest BCUT2D eigenvalue weighted by atomic mass is 9.69. The van der Waals surface area contributed by atoms with E-state index in [4.69, 9.17) is 0 Å². The van der Waals surface area contributed by atoms with Gasteiger partial charge in [0, 0.05) is 36.3 Å². The summed E-state index contributed by atoms with van der Waals surface area (Å²) in [7, 11) is 0. The third-order valence-corrected chi connectivity index (χ3v) is 12.7. The Hall–Kier alpha value is -2.90. The quantitative estimate of drug-likeness (QED) is 0.186. The summed E-state index contributed by atoms with van der Waals surface area (Å²) in [4.78, 5) is 31.2. The first-order chi connectivity index (χ1) is 24.6. The van der Waals surface area contributed by atoms with Crippen LogP contribution in [0.5, 0.6) is 0 Å². The van der Waals surface area contributed by atoms with Crippen molar-refractivity contribution in [1.29, 1.82) is 0 Å². The number of nitrogens with zero attached hydrogens (tertiary/aromatic N) is 2. The number of allylic oxidation sites excluding steroid dienone is 20. The number of hydrogen-bond acceptors (Lipinski definition) is 6. The highest BCUT2D eigenvalue weighted by Crippen LogP contribution is 2.43. The van der Waals surface area contributed by atoms with E-state index in [0.717, 1.165) is 82.6 Å². The summed E-state index contributed by atoms with van der Waals surface area (Å²) in [5.41, 5.74) is 8.72. The molecular weight excluding hydrogens is 677 g/mol. The van der Waals surface area contributed by atoms with Gasteiger partial charge in [-0.3, -0.25) is 19.4 Å². The van der Waals surface area contributed by atoms with Crippen molar-refractivity contribution < 1.29 is 9.59 Å². The van der Waals surface area contributed by atoms with Crippen molar-refractivity contribution in [2.75, 3.05) is 36.3 Å². The maximum Gasteiger partial charge on any atom is 0.176 e. The van der Waals surface area contributed by atoms with Crippen LogP contribution in [-0.2, 0) is 9.59 Å². The van der Waals surface area contributed by atoms with Crippen molar-refractivity contribution in [1.82, 2.24) is 9.80 Å². The molecule has 4 rings (SSSR count). The van der Waals surface area contributed by atoms with E-state index in [1.54, 1.807) is 0 Å². The predicted octanol–water partition coefficient (Wildman–Crippen LogP) is 10.9. The monoisotopic (exact) mass is 738 g/mol. The molecule has 280 valence electrons. The maximum absolute atomic E-state index is 13.3. The molecule has 0 radical (unpaired) electrons. The molecule has 2 atom stereocenters. The van der Waals surface area contributed by atoms with E-state index in [2.05, 4.69) is 150 Å². The van der Waals surface area contributed by atoms with Gasteiger partial charge < -0.3 is 0 Å². The number of Topliss-reactive ketones (excluding diaryl/α,β-unsaturated/α-hetero) is 2. The number of carbonyl (C=O) groups is 2. The summed E-state index contributed by atoms with van der Waals surface area (Å²) in [5, 5.41) is 0. The van der Waals surface area contributed by atoms with E-state index in [0.29, 0.717) is 11.6 Å². The molecule has 0 saturated carbocycles. The summed E-state index contributed by atoms with van der Waals surface area (Å²) in [5.74, 6) is 4.77. The van der Waals surface area contributed by atoms with E-state index in [1.807, 2.05) is 37.4 Å². The second-order valence-electron chi connectivity index (χ2n) is 16.1. The number of thioether (sulfide) groups is 2. The molecule has 0 amide bonds.